The van der Waals surface area contributed by atoms with Gasteiger partial charge in [-0.1, -0.05) is 12.2 Å². The number of carbonyl (C=O) groups excluding carboxylic acids is 1. The van der Waals surface area contributed by atoms with E-state index < -0.39 is 0 Å². The van der Waals surface area contributed by atoms with Gasteiger partial charge >= 0.3 is 0 Å². The van der Waals surface area contributed by atoms with Gasteiger partial charge in [0.15, 0.2) is 0 Å². The molecule has 3 N–H and O–H groups in total. The fourth-order valence-corrected chi connectivity index (χ4v) is 2.31. The molecule has 18 heavy (non-hydrogen) atoms. The molecule has 0 unspecified atom stereocenters. The summed E-state index contributed by atoms with van der Waals surface area (Å²) >= 11 is 6.45. The molecule has 2 aromatic rings. The van der Waals surface area contributed by atoms with Crippen molar-refractivity contribution >= 4 is 40.1 Å². The van der Waals surface area contributed by atoms with Crippen LogP contribution in [0.5, 0.6) is 0 Å². The van der Waals surface area contributed by atoms with Crippen molar-refractivity contribution in [1.29, 1.82) is 0 Å². The number of rotatable bonds is 4. The lowest BCUT2D eigenvalue weighted by molar-refractivity contribution is -0.115. The molecular formula is C13H12N2OS2. The predicted molar refractivity (Wildman–Crippen MR) is 79.0 cm³/mol. The Balaban J connectivity index is 1.97. The summed E-state index contributed by atoms with van der Waals surface area (Å²) in [5.41, 5.74) is 8.06. The molecule has 0 saturated carbocycles. The molecule has 0 fully saturated rings. The van der Waals surface area contributed by atoms with Crippen molar-refractivity contribution in [3.05, 3.63) is 52.2 Å². The first-order valence-corrected chi connectivity index (χ1v) is 6.71. The molecule has 0 aliphatic rings. The van der Waals surface area contributed by atoms with E-state index in [-0.39, 0.29) is 5.91 Å². The maximum Gasteiger partial charge on any atom is 0.228 e. The molecule has 0 bridgehead atoms. The molecule has 0 aliphatic carbocycles. The van der Waals surface area contributed by atoms with Crippen LogP contribution in [-0.4, -0.2) is 10.9 Å². The Morgan fingerprint density at radius 1 is 1.28 bits per heavy atom. The van der Waals surface area contributed by atoms with E-state index in [1.165, 1.54) is 0 Å². The number of anilines is 1. The van der Waals surface area contributed by atoms with Crippen molar-refractivity contribution in [3.8, 4) is 0 Å². The standard InChI is InChI=1S/C13H12N2OS2/c14-13(17)10-1-3-11(4-2-10)15-12(16)7-9-5-6-18-8-9/h1-6,8H,7H2,(H2,14,17)(H,15,16). The predicted octanol–water partition coefficient (Wildman–Crippen LogP) is 2.56. The summed E-state index contributed by atoms with van der Waals surface area (Å²) in [6.07, 6.45) is 0.389. The van der Waals surface area contributed by atoms with Crippen molar-refractivity contribution in [2.75, 3.05) is 5.32 Å². The second-order valence-corrected chi connectivity index (χ2v) is 5.02. The Bertz CT molecular complexity index is 547. The Kier molecular flexibility index (Phi) is 4.07. The average molecular weight is 276 g/mol. The molecule has 0 atom stereocenters. The molecule has 1 aromatic carbocycles. The highest BCUT2D eigenvalue weighted by atomic mass is 32.1. The maximum absolute atomic E-state index is 11.7. The van der Waals surface area contributed by atoms with Crippen LogP contribution in [0.2, 0.25) is 0 Å². The minimum Gasteiger partial charge on any atom is -0.389 e. The average Bonchev–Trinajstić information content (AvgIpc) is 2.82. The Hall–Kier alpha value is -1.72. The van der Waals surface area contributed by atoms with Crippen LogP contribution in [0.1, 0.15) is 11.1 Å². The van der Waals surface area contributed by atoms with E-state index in [0.717, 1.165) is 16.8 Å². The summed E-state index contributed by atoms with van der Waals surface area (Å²) in [6.45, 7) is 0. The molecule has 0 aliphatic heterocycles. The number of nitrogens with one attached hydrogen (secondary N) is 1. The topological polar surface area (TPSA) is 55.1 Å². The van der Waals surface area contributed by atoms with Gasteiger partial charge in [0.05, 0.1) is 6.42 Å². The summed E-state index contributed by atoms with van der Waals surface area (Å²) in [4.78, 5) is 12.1. The van der Waals surface area contributed by atoms with Gasteiger partial charge in [-0.3, -0.25) is 4.79 Å². The molecule has 1 amide bonds. The smallest absolute Gasteiger partial charge is 0.228 e. The van der Waals surface area contributed by atoms with Crippen LogP contribution in [0, 0.1) is 0 Å². The van der Waals surface area contributed by atoms with E-state index >= 15 is 0 Å². The van der Waals surface area contributed by atoms with Crippen LogP contribution in [0.3, 0.4) is 0 Å². The van der Waals surface area contributed by atoms with E-state index in [1.807, 2.05) is 16.8 Å². The number of hydrogen-bond donors (Lipinski definition) is 2. The first kappa shape index (κ1) is 12.7. The van der Waals surface area contributed by atoms with Gasteiger partial charge in [-0.15, -0.1) is 0 Å². The zero-order valence-corrected chi connectivity index (χ0v) is 11.2. The molecule has 2 rings (SSSR count). The normalized spacial score (nSPS) is 10.0. The summed E-state index contributed by atoms with van der Waals surface area (Å²) in [6, 6.07) is 9.12. The summed E-state index contributed by atoms with van der Waals surface area (Å²) < 4.78 is 0. The molecule has 0 spiro atoms. The Morgan fingerprint density at radius 2 is 2.00 bits per heavy atom. The minimum absolute atomic E-state index is 0.0310. The van der Waals surface area contributed by atoms with Crippen molar-refractivity contribution in [2.24, 2.45) is 5.73 Å². The third-order valence-electron chi connectivity index (χ3n) is 2.40. The fourth-order valence-electron chi connectivity index (χ4n) is 1.50. The van der Waals surface area contributed by atoms with Gasteiger partial charge < -0.3 is 11.1 Å². The van der Waals surface area contributed by atoms with Crippen LogP contribution in [0.15, 0.2) is 41.1 Å². The minimum atomic E-state index is -0.0310. The van der Waals surface area contributed by atoms with Gasteiger partial charge in [0, 0.05) is 11.3 Å². The highest BCUT2D eigenvalue weighted by molar-refractivity contribution is 7.80. The van der Waals surface area contributed by atoms with Crippen molar-refractivity contribution < 1.29 is 4.79 Å². The molecule has 1 heterocycles. The molecule has 0 saturated heterocycles. The van der Waals surface area contributed by atoms with Crippen LogP contribution in [-0.2, 0) is 11.2 Å². The molecule has 92 valence electrons. The molecule has 5 heteroatoms. The largest absolute Gasteiger partial charge is 0.389 e. The SMILES string of the molecule is NC(=S)c1ccc(NC(=O)Cc2ccsc2)cc1. The van der Waals surface area contributed by atoms with Gasteiger partial charge in [-0.2, -0.15) is 11.3 Å². The Labute approximate surface area is 115 Å². The highest BCUT2D eigenvalue weighted by Crippen LogP contribution is 2.11. The number of carbonyl (C=O) groups is 1. The molecule has 0 radical (unpaired) electrons. The van der Waals surface area contributed by atoms with E-state index in [1.54, 1.807) is 35.6 Å². The zero-order valence-electron chi connectivity index (χ0n) is 9.55. The quantitative estimate of drug-likeness (QED) is 0.844. The van der Waals surface area contributed by atoms with Crippen LogP contribution >= 0.6 is 23.6 Å². The third-order valence-corrected chi connectivity index (χ3v) is 3.37. The number of nitrogens with two attached hydrogens (primary N) is 1. The van der Waals surface area contributed by atoms with E-state index in [4.69, 9.17) is 18.0 Å². The molecule has 1 aromatic heterocycles. The van der Waals surface area contributed by atoms with Crippen molar-refractivity contribution in [2.45, 2.75) is 6.42 Å². The number of benzene rings is 1. The number of hydrogen-bond acceptors (Lipinski definition) is 3. The zero-order chi connectivity index (χ0) is 13.0. The summed E-state index contributed by atoms with van der Waals surface area (Å²) in [7, 11) is 0. The van der Waals surface area contributed by atoms with Gasteiger partial charge in [-0.05, 0) is 46.7 Å². The summed E-state index contributed by atoms with van der Waals surface area (Å²) in [5.74, 6) is -0.0310. The number of amides is 1. The second-order valence-electron chi connectivity index (χ2n) is 3.80. The number of thiophene rings is 1. The van der Waals surface area contributed by atoms with Crippen LogP contribution in [0.25, 0.3) is 0 Å². The Morgan fingerprint density at radius 3 is 2.56 bits per heavy atom. The lowest BCUT2D eigenvalue weighted by atomic mass is 10.2. The van der Waals surface area contributed by atoms with Gasteiger partial charge in [0.2, 0.25) is 5.91 Å². The highest BCUT2D eigenvalue weighted by Gasteiger charge is 2.04. The van der Waals surface area contributed by atoms with Gasteiger partial charge in [-0.25, -0.2) is 0 Å². The molecular weight excluding hydrogens is 264 g/mol. The van der Waals surface area contributed by atoms with E-state index in [9.17, 15) is 4.79 Å². The van der Waals surface area contributed by atoms with Crippen LogP contribution in [0.4, 0.5) is 5.69 Å². The fraction of sp³-hybridized carbons (Fsp3) is 0.0769. The van der Waals surface area contributed by atoms with Gasteiger partial charge in [0.25, 0.3) is 0 Å². The first-order chi connectivity index (χ1) is 8.65. The second kappa shape index (κ2) is 5.75. The number of thiocarbonyl (C=S) groups is 1. The van der Waals surface area contributed by atoms with Gasteiger partial charge in [0.1, 0.15) is 4.99 Å². The third kappa shape index (κ3) is 3.38. The summed E-state index contributed by atoms with van der Waals surface area (Å²) in [5, 5.41) is 6.75. The lowest BCUT2D eigenvalue weighted by Gasteiger charge is -2.05. The lowest BCUT2D eigenvalue weighted by Crippen LogP contribution is -2.14. The molecule has 3 nitrogen and oxygen atoms in total. The monoisotopic (exact) mass is 276 g/mol. The van der Waals surface area contributed by atoms with Crippen LogP contribution < -0.4 is 11.1 Å². The first-order valence-electron chi connectivity index (χ1n) is 5.36. The van der Waals surface area contributed by atoms with E-state index in [2.05, 4.69) is 5.32 Å². The van der Waals surface area contributed by atoms with Crippen molar-refractivity contribution in [1.82, 2.24) is 0 Å². The van der Waals surface area contributed by atoms with E-state index in [0.29, 0.717) is 11.4 Å². The maximum atomic E-state index is 11.7. The van der Waals surface area contributed by atoms with Crippen molar-refractivity contribution in [3.63, 3.8) is 0 Å².